The van der Waals surface area contributed by atoms with Crippen LogP contribution in [0.4, 0.5) is 0 Å². The monoisotopic (exact) mass is 275 g/mol. The van der Waals surface area contributed by atoms with Crippen molar-refractivity contribution in [3.63, 3.8) is 0 Å². The second-order valence-corrected chi connectivity index (χ2v) is 6.26. The Hall–Kier alpha value is -0.860. The quantitative estimate of drug-likeness (QED) is 0.830. The minimum absolute atomic E-state index is 0.304. The summed E-state index contributed by atoms with van der Waals surface area (Å²) < 4.78 is 6.11. The highest BCUT2D eigenvalue weighted by Gasteiger charge is 2.17. The van der Waals surface area contributed by atoms with Gasteiger partial charge in [0.1, 0.15) is 0 Å². The highest BCUT2D eigenvalue weighted by atomic mass is 16.5. The van der Waals surface area contributed by atoms with Crippen LogP contribution in [-0.4, -0.2) is 19.8 Å². The first-order chi connectivity index (χ1) is 9.70. The fourth-order valence-electron chi connectivity index (χ4n) is 2.92. The van der Waals surface area contributed by atoms with E-state index in [2.05, 4.69) is 43.4 Å². The standard InChI is InChI=1S/C18H29NO/c1-14(2)15-9-11-16(12-10-15)18(19-3)13-20-17-7-5-4-6-8-17/h9-12,14,17-19H,4-8,13H2,1-3H3. The molecular formula is C18H29NO. The Morgan fingerprint density at radius 3 is 2.20 bits per heavy atom. The molecule has 20 heavy (non-hydrogen) atoms. The molecular weight excluding hydrogens is 246 g/mol. The molecule has 1 aromatic carbocycles. The predicted molar refractivity (Wildman–Crippen MR) is 85.2 cm³/mol. The zero-order chi connectivity index (χ0) is 14.4. The van der Waals surface area contributed by atoms with E-state index in [0.29, 0.717) is 18.1 Å². The van der Waals surface area contributed by atoms with Gasteiger partial charge in [-0.25, -0.2) is 0 Å². The Balaban J connectivity index is 1.89. The Labute approximate surface area is 123 Å². The van der Waals surface area contributed by atoms with Gasteiger partial charge in [0.15, 0.2) is 0 Å². The zero-order valence-corrected chi connectivity index (χ0v) is 13.2. The van der Waals surface area contributed by atoms with E-state index in [9.17, 15) is 0 Å². The van der Waals surface area contributed by atoms with Gasteiger partial charge >= 0.3 is 0 Å². The molecule has 1 aliphatic carbocycles. The van der Waals surface area contributed by atoms with E-state index in [4.69, 9.17) is 4.74 Å². The molecule has 1 atom stereocenters. The molecule has 1 N–H and O–H groups in total. The van der Waals surface area contributed by atoms with Gasteiger partial charge in [-0.05, 0) is 36.9 Å². The molecule has 1 aromatic rings. The van der Waals surface area contributed by atoms with Crippen molar-refractivity contribution in [1.82, 2.24) is 5.32 Å². The third-order valence-electron chi connectivity index (χ3n) is 4.40. The van der Waals surface area contributed by atoms with Crippen LogP contribution in [0.1, 0.15) is 69.0 Å². The Kier molecular flexibility index (Phi) is 6.06. The smallest absolute Gasteiger partial charge is 0.0665 e. The van der Waals surface area contributed by atoms with Gasteiger partial charge in [-0.2, -0.15) is 0 Å². The minimum Gasteiger partial charge on any atom is -0.376 e. The Morgan fingerprint density at radius 1 is 1.05 bits per heavy atom. The van der Waals surface area contributed by atoms with Gasteiger partial charge in [-0.3, -0.25) is 0 Å². The van der Waals surface area contributed by atoms with Crippen molar-refractivity contribution in [1.29, 1.82) is 0 Å². The van der Waals surface area contributed by atoms with Crippen LogP contribution >= 0.6 is 0 Å². The van der Waals surface area contributed by atoms with E-state index in [1.807, 2.05) is 7.05 Å². The Morgan fingerprint density at radius 2 is 1.65 bits per heavy atom. The highest BCUT2D eigenvalue weighted by molar-refractivity contribution is 5.26. The lowest BCUT2D eigenvalue weighted by molar-refractivity contribution is 0.0166. The van der Waals surface area contributed by atoms with Crippen LogP contribution < -0.4 is 5.32 Å². The van der Waals surface area contributed by atoms with Crippen LogP contribution in [0.2, 0.25) is 0 Å². The second-order valence-electron chi connectivity index (χ2n) is 6.26. The molecule has 0 heterocycles. The second kappa shape index (κ2) is 7.80. The van der Waals surface area contributed by atoms with E-state index in [1.54, 1.807) is 0 Å². The number of hydrogen-bond donors (Lipinski definition) is 1. The van der Waals surface area contributed by atoms with Crippen LogP contribution in [0.3, 0.4) is 0 Å². The topological polar surface area (TPSA) is 21.3 Å². The Bertz CT molecular complexity index is 379. The van der Waals surface area contributed by atoms with Crippen molar-refractivity contribution in [2.75, 3.05) is 13.7 Å². The average Bonchev–Trinajstić information content (AvgIpc) is 2.49. The maximum atomic E-state index is 6.11. The predicted octanol–water partition coefficient (Wildman–Crippen LogP) is 4.42. The molecule has 1 fully saturated rings. The summed E-state index contributed by atoms with van der Waals surface area (Å²) in [5, 5.41) is 3.38. The van der Waals surface area contributed by atoms with Crippen molar-refractivity contribution >= 4 is 0 Å². The molecule has 0 radical (unpaired) electrons. The van der Waals surface area contributed by atoms with E-state index in [0.717, 1.165) is 6.61 Å². The van der Waals surface area contributed by atoms with E-state index >= 15 is 0 Å². The van der Waals surface area contributed by atoms with Crippen molar-refractivity contribution in [2.45, 2.75) is 64.0 Å². The lowest BCUT2D eigenvalue weighted by Gasteiger charge is -2.25. The van der Waals surface area contributed by atoms with Crippen molar-refractivity contribution in [3.05, 3.63) is 35.4 Å². The van der Waals surface area contributed by atoms with Gasteiger partial charge in [-0.15, -0.1) is 0 Å². The SMILES string of the molecule is CNC(COC1CCCCC1)c1ccc(C(C)C)cc1. The van der Waals surface area contributed by atoms with E-state index in [-0.39, 0.29) is 0 Å². The molecule has 0 aliphatic heterocycles. The summed E-state index contributed by atoms with van der Waals surface area (Å²) in [5.41, 5.74) is 2.73. The largest absolute Gasteiger partial charge is 0.376 e. The molecule has 0 bridgehead atoms. The summed E-state index contributed by atoms with van der Waals surface area (Å²) in [6.07, 6.45) is 7.00. The first kappa shape index (κ1) is 15.5. The first-order valence-electron chi connectivity index (χ1n) is 8.09. The van der Waals surface area contributed by atoms with Crippen LogP contribution in [-0.2, 0) is 4.74 Å². The van der Waals surface area contributed by atoms with Crippen molar-refractivity contribution in [3.8, 4) is 0 Å². The van der Waals surface area contributed by atoms with Gasteiger partial charge in [0.2, 0.25) is 0 Å². The van der Waals surface area contributed by atoms with Crippen LogP contribution in [0.25, 0.3) is 0 Å². The maximum absolute atomic E-state index is 6.11. The average molecular weight is 275 g/mol. The number of hydrogen-bond acceptors (Lipinski definition) is 2. The molecule has 1 aliphatic rings. The summed E-state index contributed by atoms with van der Waals surface area (Å²) in [6, 6.07) is 9.26. The highest BCUT2D eigenvalue weighted by Crippen LogP contribution is 2.23. The summed E-state index contributed by atoms with van der Waals surface area (Å²) in [5.74, 6) is 0.593. The summed E-state index contributed by atoms with van der Waals surface area (Å²) in [4.78, 5) is 0. The molecule has 2 nitrogen and oxygen atoms in total. The number of benzene rings is 1. The number of likely N-dealkylation sites (N-methyl/N-ethyl adjacent to an activating group) is 1. The fraction of sp³-hybridized carbons (Fsp3) is 0.667. The molecule has 2 heteroatoms. The van der Waals surface area contributed by atoms with Gasteiger partial charge in [0.05, 0.1) is 18.8 Å². The van der Waals surface area contributed by atoms with E-state index < -0.39 is 0 Å². The third kappa shape index (κ3) is 4.32. The van der Waals surface area contributed by atoms with Gasteiger partial charge in [0, 0.05) is 0 Å². The molecule has 0 aromatic heterocycles. The summed E-state index contributed by atoms with van der Waals surface area (Å²) in [7, 11) is 2.02. The van der Waals surface area contributed by atoms with Gasteiger partial charge < -0.3 is 10.1 Å². The molecule has 0 amide bonds. The van der Waals surface area contributed by atoms with Gasteiger partial charge in [0.25, 0.3) is 0 Å². The lowest BCUT2D eigenvalue weighted by Crippen LogP contribution is -2.26. The minimum atomic E-state index is 0.304. The van der Waals surface area contributed by atoms with Crippen LogP contribution in [0, 0.1) is 0 Å². The third-order valence-corrected chi connectivity index (χ3v) is 4.40. The molecule has 0 spiro atoms. The zero-order valence-electron chi connectivity index (χ0n) is 13.2. The lowest BCUT2D eigenvalue weighted by atomic mass is 9.97. The summed E-state index contributed by atoms with van der Waals surface area (Å²) >= 11 is 0. The molecule has 1 unspecified atom stereocenters. The van der Waals surface area contributed by atoms with Crippen molar-refractivity contribution < 1.29 is 4.74 Å². The van der Waals surface area contributed by atoms with E-state index in [1.165, 1.54) is 43.2 Å². The van der Waals surface area contributed by atoms with Crippen molar-refractivity contribution in [2.24, 2.45) is 0 Å². The fourth-order valence-corrected chi connectivity index (χ4v) is 2.92. The number of nitrogens with one attached hydrogen (secondary N) is 1. The molecule has 112 valence electrons. The maximum Gasteiger partial charge on any atom is 0.0665 e. The molecule has 0 saturated heterocycles. The first-order valence-corrected chi connectivity index (χ1v) is 8.09. The van der Waals surface area contributed by atoms with Crippen LogP contribution in [0.15, 0.2) is 24.3 Å². The normalized spacial score (nSPS) is 18.4. The number of rotatable bonds is 6. The molecule has 2 rings (SSSR count). The molecule has 1 saturated carbocycles. The van der Waals surface area contributed by atoms with Gasteiger partial charge in [-0.1, -0.05) is 57.4 Å². The number of ether oxygens (including phenoxy) is 1. The summed E-state index contributed by atoms with van der Waals surface area (Å²) in [6.45, 7) is 5.25. The van der Waals surface area contributed by atoms with Crippen LogP contribution in [0.5, 0.6) is 0 Å².